The molecule has 2 unspecified atom stereocenters. The molecule has 1 saturated heterocycles. The van der Waals surface area contributed by atoms with Gasteiger partial charge in [-0.3, -0.25) is 14.6 Å². The first-order chi connectivity index (χ1) is 8.63. The van der Waals surface area contributed by atoms with Gasteiger partial charge in [-0.2, -0.15) is 0 Å². The molecule has 1 aliphatic rings. The number of rotatable bonds is 3. The Kier molecular flexibility index (Phi) is 3.60. The van der Waals surface area contributed by atoms with Gasteiger partial charge in [-0.15, -0.1) is 0 Å². The van der Waals surface area contributed by atoms with Crippen LogP contribution in [0.2, 0.25) is 0 Å². The van der Waals surface area contributed by atoms with E-state index in [0.717, 1.165) is 5.69 Å². The van der Waals surface area contributed by atoms with Gasteiger partial charge in [-0.05, 0) is 25.5 Å². The van der Waals surface area contributed by atoms with E-state index < -0.39 is 6.04 Å². The third kappa shape index (κ3) is 2.34. The second kappa shape index (κ2) is 5.16. The Bertz CT molecular complexity index is 447. The molecule has 5 heteroatoms. The summed E-state index contributed by atoms with van der Waals surface area (Å²) in [4.78, 5) is 29.6. The fraction of sp³-hybridized carbons (Fsp3) is 0.462. The number of aromatic nitrogens is 1. The highest BCUT2D eigenvalue weighted by atomic mass is 16.2. The van der Waals surface area contributed by atoms with Crippen molar-refractivity contribution >= 4 is 11.8 Å². The van der Waals surface area contributed by atoms with Crippen LogP contribution < -0.4 is 5.32 Å². The molecule has 96 valence electrons. The number of pyridine rings is 1. The van der Waals surface area contributed by atoms with Crippen LogP contribution in [-0.2, 0) is 9.59 Å². The SMILES string of the molecule is CCC1NC(=O)CN(C(C)c2ccccn2)C1=O. The molecular weight excluding hydrogens is 230 g/mol. The summed E-state index contributed by atoms with van der Waals surface area (Å²) in [7, 11) is 0. The normalized spacial score (nSPS) is 21.7. The van der Waals surface area contributed by atoms with Crippen molar-refractivity contribution in [3.8, 4) is 0 Å². The number of nitrogens with one attached hydrogen (secondary N) is 1. The van der Waals surface area contributed by atoms with Crippen molar-refractivity contribution in [2.75, 3.05) is 6.54 Å². The maximum atomic E-state index is 12.2. The number of hydrogen-bond acceptors (Lipinski definition) is 3. The first-order valence-electron chi connectivity index (χ1n) is 6.14. The van der Waals surface area contributed by atoms with Crippen LogP contribution >= 0.6 is 0 Å². The van der Waals surface area contributed by atoms with Gasteiger partial charge in [-0.25, -0.2) is 0 Å². The molecule has 2 atom stereocenters. The van der Waals surface area contributed by atoms with Crippen molar-refractivity contribution < 1.29 is 9.59 Å². The van der Waals surface area contributed by atoms with E-state index in [0.29, 0.717) is 6.42 Å². The van der Waals surface area contributed by atoms with E-state index >= 15 is 0 Å². The quantitative estimate of drug-likeness (QED) is 0.862. The van der Waals surface area contributed by atoms with Crippen LogP contribution in [0.3, 0.4) is 0 Å². The molecule has 0 aliphatic carbocycles. The molecule has 1 aromatic heterocycles. The molecule has 1 aliphatic heterocycles. The van der Waals surface area contributed by atoms with Crippen molar-refractivity contribution in [1.82, 2.24) is 15.2 Å². The van der Waals surface area contributed by atoms with Gasteiger partial charge in [-0.1, -0.05) is 13.0 Å². The molecule has 0 saturated carbocycles. The molecule has 2 amide bonds. The number of piperazine rings is 1. The molecule has 5 nitrogen and oxygen atoms in total. The maximum Gasteiger partial charge on any atom is 0.246 e. The molecular formula is C13H17N3O2. The maximum absolute atomic E-state index is 12.2. The summed E-state index contributed by atoms with van der Waals surface area (Å²) in [6.07, 6.45) is 2.30. The van der Waals surface area contributed by atoms with Crippen LogP contribution in [0.25, 0.3) is 0 Å². The molecule has 0 radical (unpaired) electrons. The van der Waals surface area contributed by atoms with Crippen molar-refractivity contribution in [2.24, 2.45) is 0 Å². The van der Waals surface area contributed by atoms with Gasteiger partial charge < -0.3 is 10.2 Å². The van der Waals surface area contributed by atoms with Crippen LogP contribution in [-0.4, -0.2) is 34.3 Å². The highest BCUT2D eigenvalue weighted by Crippen LogP contribution is 2.21. The molecule has 1 aromatic rings. The van der Waals surface area contributed by atoms with Gasteiger partial charge in [0.05, 0.1) is 11.7 Å². The Labute approximate surface area is 106 Å². The van der Waals surface area contributed by atoms with Crippen LogP contribution in [0, 0.1) is 0 Å². The second-order valence-corrected chi connectivity index (χ2v) is 4.43. The number of amides is 2. The lowest BCUT2D eigenvalue weighted by Crippen LogP contribution is -2.58. The van der Waals surface area contributed by atoms with E-state index in [2.05, 4.69) is 10.3 Å². The van der Waals surface area contributed by atoms with E-state index in [4.69, 9.17) is 0 Å². The van der Waals surface area contributed by atoms with Gasteiger partial charge in [0.25, 0.3) is 0 Å². The molecule has 18 heavy (non-hydrogen) atoms. The van der Waals surface area contributed by atoms with E-state index in [1.807, 2.05) is 32.0 Å². The molecule has 1 fully saturated rings. The van der Waals surface area contributed by atoms with Crippen molar-refractivity contribution in [3.63, 3.8) is 0 Å². The Morgan fingerprint density at radius 3 is 2.89 bits per heavy atom. The fourth-order valence-electron chi connectivity index (χ4n) is 2.12. The summed E-state index contributed by atoms with van der Waals surface area (Å²) >= 11 is 0. The topological polar surface area (TPSA) is 62.3 Å². The van der Waals surface area contributed by atoms with Crippen molar-refractivity contribution in [1.29, 1.82) is 0 Å². The number of carbonyl (C=O) groups is 2. The van der Waals surface area contributed by atoms with Gasteiger partial charge in [0.15, 0.2) is 0 Å². The van der Waals surface area contributed by atoms with E-state index in [-0.39, 0.29) is 24.4 Å². The predicted molar refractivity (Wildman–Crippen MR) is 66.6 cm³/mol. The second-order valence-electron chi connectivity index (χ2n) is 4.43. The van der Waals surface area contributed by atoms with Gasteiger partial charge in [0.2, 0.25) is 11.8 Å². The highest BCUT2D eigenvalue weighted by molar-refractivity contribution is 5.95. The van der Waals surface area contributed by atoms with Gasteiger partial charge in [0, 0.05) is 6.20 Å². The number of hydrogen-bond donors (Lipinski definition) is 1. The largest absolute Gasteiger partial charge is 0.343 e. The van der Waals surface area contributed by atoms with E-state index in [1.165, 1.54) is 0 Å². The molecule has 0 aromatic carbocycles. The molecule has 2 rings (SSSR count). The molecule has 0 spiro atoms. The predicted octanol–water partition coefficient (Wildman–Crippen LogP) is 0.880. The standard InChI is InChI=1S/C13H17N3O2/c1-3-10-13(18)16(8-12(17)15-10)9(2)11-6-4-5-7-14-11/h4-7,9-10H,3,8H2,1-2H3,(H,15,17). The number of nitrogens with zero attached hydrogens (tertiary/aromatic N) is 2. The Hall–Kier alpha value is -1.91. The summed E-state index contributed by atoms with van der Waals surface area (Å²) in [6, 6.07) is 4.99. The number of carbonyl (C=O) groups excluding carboxylic acids is 2. The zero-order chi connectivity index (χ0) is 13.1. The van der Waals surface area contributed by atoms with Crippen molar-refractivity contribution in [2.45, 2.75) is 32.4 Å². The molecule has 0 bridgehead atoms. The smallest absolute Gasteiger partial charge is 0.246 e. The van der Waals surface area contributed by atoms with Crippen LogP contribution in [0.1, 0.15) is 32.0 Å². The molecule has 1 N–H and O–H groups in total. The first-order valence-corrected chi connectivity index (χ1v) is 6.14. The fourth-order valence-corrected chi connectivity index (χ4v) is 2.12. The summed E-state index contributed by atoms with van der Waals surface area (Å²) in [5.74, 6) is -0.139. The summed E-state index contributed by atoms with van der Waals surface area (Å²) in [5.41, 5.74) is 0.801. The zero-order valence-electron chi connectivity index (χ0n) is 10.6. The monoisotopic (exact) mass is 247 g/mol. The third-order valence-corrected chi connectivity index (χ3v) is 3.22. The Morgan fingerprint density at radius 1 is 1.50 bits per heavy atom. The average molecular weight is 247 g/mol. The lowest BCUT2D eigenvalue weighted by Gasteiger charge is -2.35. The minimum absolute atomic E-state index is 0.0322. The average Bonchev–Trinajstić information content (AvgIpc) is 2.41. The van der Waals surface area contributed by atoms with Gasteiger partial charge in [0.1, 0.15) is 12.6 Å². The van der Waals surface area contributed by atoms with E-state index in [9.17, 15) is 9.59 Å². The van der Waals surface area contributed by atoms with Crippen LogP contribution in [0.4, 0.5) is 0 Å². The minimum Gasteiger partial charge on any atom is -0.343 e. The van der Waals surface area contributed by atoms with Gasteiger partial charge >= 0.3 is 0 Å². The van der Waals surface area contributed by atoms with E-state index in [1.54, 1.807) is 11.1 Å². The first kappa shape index (κ1) is 12.5. The highest BCUT2D eigenvalue weighted by Gasteiger charge is 2.34. The summed E-state index contributed by atoms with van der Waals surface area (Å²) < 4.78 is 0. The van der Waals surface area contributed by atoms with Crippen molar-refractivity contribution in [3.05, 3.63) is 30.1 Å². The molecule has 2 heterocycles. The van der Waals surface area contributed by atoms with Crippen LogP contribution in [0.5, 0.6) is 0 Å². The minimum atomic E-state index is -0.405. The summed E-state index contributed by atoms with van der Waals surface area (Å²) in [6.45, 7) is 3.89. The summed E-state index contributed by atoms with van der Waals surface area (Å²) in [5, 5.41) is 2.70. The lowest BCUT2D eigenvalue weighted by atomic mass is 10.1. The lowest BCUT2D eigenvalue weighted by molar-refractivity contribution is -0.146. The Balaban J connectivity index is 2.21. The Morgan fingerprint density at radius 2 is 2.28 bits per heavy atom. The van der Waals surface area contributed by atoms with Crippen LogP contribution in [0.15, 0.2) is 24.4 Å². The third-order valence-electron chi connectivity index (χ3n) is 3.22. The zero-order valence-corrected chi connectivity index (χ0v) is 10.6.